The first kappa shape index (κ1) is 13.5. The minimum absolute atomic E-state index is 0.667. The summed E-state index contributed by atoms with van der Waals surface area (Å²) in [4.78, 5) is 13.8. The number of pyridine rings is 1. The molecule has 0 amide bonds. The van der Waals surface area contributed by atoms with E-state index < -0.39 is 0 Å². The normalized spacial score (nSPS) is 11.0. The smallest absolute Gasteiger partial charge is 0.182 e. The first-order chi connectivity index (χ1) is 10.2. The summed E-state index contributed by atoms with van der Waals surface area (Å²) >= 11 is 0. The molecular weight excluding hydrogens is 262 g/mol. The Balaban J connectivity index is 2.06. The lowest BCUT2D eigenvalue weighted by Gasteiger charge is -2.10. The Morgan fingerprint density at radius 1 is 1.14 bits per heavy atom. The van der Waals surface area contributed by atoms with Crippen LogP contribution in [-0.4, -0.2) is 25.9 Å². The Labute approximate surface area is 124 Å². The van der Waals surface area contributed by atoms with Gasteiger partial charge in [-0.1, -0.05) is 13.0 Å². The Morgan fingerprint density at radius 3 is 2.76 bits per heavy atom. The second kappa shape index (κ2) is 5.52. The lowest BCUT2D eigenvalue weighted by molar-refractivity contribution is 0.953. The van der Waals surface area contributed by atoms with Crippen LogP contribution in [0.4, 0.5) is 5.82 Å². The molecule has 0 aromatic carbocycles. The number of imidazole rings is 1. The number of rotatable bonds is 4. The predicted octanol–water partition coefficient (Wildman–Crippen LogP) is 3.23. The summed E-state index contributed by atoms with van der Waals surface area (Å²) in [5.74, 6) is 1.57. The fourth-order valence-corrected chi connectivity index (χ4v) is 2.20. The molecule has 3 rings (SSSR count). The van der Waals surface area contributed by atoms with Crippen molar-refractivity contribution in [2.75, 3.05) is 11.9 Å². The summed E-state index contributed by atoms with van der Waals surface area (Å²) in [7, 11) is 0. The van der Waals surface area contributed by atoms with E-state index in [0.717, 1.165) is 41.4 Å². The fraction of sp³-hybridized carbons (Fsp3) is 0.312. The number of hydrogen-bond acceptors (Lipinski definition) is 4. The van der Waals surface area contributed by atoms with Crippen molar-refractivity contribution in [2.45, 2.75) is 27.2 Å². The van der Waals surface area contributed by atoms with Crippen LogP contribution in [0.2, 0.25) is 0 Å². The molecule has 0 aliphatic heterocycles. The third-order valence-corrected chi connectivity index (χ3v) is 3.52. The molecule has 0 bridgehead atoms. The second-order valence-electron chi connectivity index (χ2n) is 5.13. The highest BCUT2D eigenvalue weighted by Crippen LogP contribution is 2.21. The van der Waals surface area contributed by atoms with Gasteiger partial charge >= 0.3 is 0 Å². The van der Waals surface area contributed by atoms with E-state index in [9.17, 15) is 0 Å². The summed E-state index contributed by atoms with van der Waals surface area (Å²) in [5.41, 5.74) is 3.77. The molecule has 3 heterocycles. The highest BCUT2D eigenvalue weighted by atomic mass is 15.1. The molecule has 0 aliphatic carbocycles. The van der Waals surface area contributed by atoms with E-state index in [2.05, 4.69) is 27.2 Å². The van der Waals surface area contributed by atoms with Gasteiger partial charge in [0, 0.05) is 30.2 Å². The zero-order chi connectivity index (χ0) is 14.8. The predicted molar refractivity (Wildman–Crippen MR) is 84.5 cm³/mol. The molecule has 3 aromatic heterocycles. The van der Waals surface area contributed by atoms with Crippen molar-refractivity contribution >= 4 is 11.5 Å². The molecule has 1 N–H and O–H groups in total. The summed E-state index contributed by atoms with van der Waals surface area (Å²) in [5, 5.41) is 3.36. The van der Waals surface area contributed by atoms with Crippen LogP contribution in [0, 0.1) is 13.8 Å². The van der Waals surface area contributed by atoms with Crippen molar-refractivity contribution in [1.29, 1.82) is 0 Å². The molecule has 0 aliphatic rings. The SMILES string of the molecule is CCCNc1nc(-c2cn3ccccc3n2)nc(C)c1C. The third-order valence-electron chi connectivity index (χ3n) is 3.52. The minimum atomic E-state index is 0.667. The monoisotopic (exact) mass is 281 g/mol. The van der Waals surface area contributed by atoms with E-state index >= 15 is 0 Å². The van der Waals surface area contributed by atoms with Crippen molar-refractivity contribution in [3.8, 4) is 11.5 Å². The fourth-order valence-electron chi connectivity index (χ4n) is 2.20. The van der Waals surface area contributed by atoms with Gasteiger partial charge in [-0.05, 0) is 32.4 Å². The Hall–Kier alpha value is -2.43. The lowest BCUT2D eigenvalue weighted by atomic mass is 10.2. The van der Waals surface area contributed by atoms with Crippen LogP contribution in [-0.2, 0) is 0 Å². The number of aromatic nitrogens is 4. The summed E-state index contributed by atoms with van der Waals surface area (Å²) in [6, 6.07) is 5.93. The van der Waals surface area contributed by atoms with Crippen LogP contribution in [0.5, 0.6) is 0 Å². The first-order valence-electron chi connectivity index (χ1n) is 7.22. The van der Waals surface area contributed by atoms with Gasteiger partial charge in [-0.3, -0.25) is 0 Å². The number of nitrogens with zero attached hydrogens (tertiary/aromatic N) is 4. The highest BCUT2D eigenvalue weighted by molar-refractivity contribution is 5.59. The van der Waals surface area contributed by atoms with Crippen LogP contribution in [0.3, 0.4) is 0 Å². The van der Waals surface area contributed by atoms with Crippen molar-refractivity contribution in [3.05, 3.63) is 41.9 Å². The Bertz CT molecular complexity index is 742. The number of anilines is 1. The van der Waals surface area contributed by atoms with E-state index in [1.807, 2.05) is 48.8 Å². The minimum Gasteiger partial charge on any atom is -0.370 e. The van der Waals surface area contributed by atoms with E-state index in [-0.39, 0.29) is 0 Å². The van der Waals surface area contributed by atoms with Crippen LogP contribution < -0.4 is 5.32 Å². The van der Waals surface area contributed by atoms with E-state index in [4.69, 9.17) is 0 Å². The van der Waals surface area contributed by atoms with Gasteiger partial charge in [0.15, 0.2) is 5.82 Å². The zero-order valence-electron chi connectivity index (χ0n) is 12.6. The van der Waals surface area contributed by atoms with Gasteiger partial charge in [0.25, 0.3) is 0 Å². The number of fused-ring (bicyclic) bond motifs is 1. The summed E-state index contributed by atoms with van der Waals surface area (Å²) in [6.45, 7) is 7.09. The molecule has 0 atom stereocenters. The highest BCUT2D eigenvalue weighted by Gasteiger charge is 2.12. The van der Waals surface area contributed by atoms with Crippen LogP contribution in [0.1, 0.15) is 24.6 Å². The van der Waals surface area contributed by atoms with E-state index in [1.54, 1.807) is 0 Å². The standard InChI is InChI=1S/C16H19N5/c1-4-8-17-15-11(2)12(3)18-16(20-15)13-10-21-9-6-5-7-14(21)19-13/h5-7,9-10H,4,8H2,1-3H3,(H,17,18,20). The average Bonchev–Trinajstić information content (AvgIpc) is 2.92. The van der Waals surface area contributed by atoms with Crippen LogP contribution in [0.25, 0.3) is 17.2 Å². The number of nitrogens with one attached hydrogen (secondary N) is 1. The molecule has 0 fully saturated rings. The Morgan fingerprint density at radius 2 is 2.00 bits per heavy atom. The van der Waals surface area contributed by atoms with Gasteiger partial charge in [-0.2, -0.15) is 0 Å². The molecule has 108 valence electrons. The molecule has 5 heteroatoms. The lowest BCUT2D eigenvalue weighted by Crippen LogP contribution is -2.07. The Kier molecular flexibility index (Phi) is 3.56. The van der Waals surface area contributed by atoms with Crippen molar-refractivity contribution < 1.29 is 0 Å². The average molecular weight is 281 g/mol. The van der Waals surface area contributed by atoms with E-state index in [1.165, 1.54) is 0 Å². The van der Waals surface area contributed by atoms with Crippen molar-refractivity contribution in [2.24, 2.45) is 0 Å². The molecule has 5 nitrogen and oxygen atoms in total. The maximum Gasteiger partial charge on any atom is 0.182 e. The zero-order valence-corrected chi connectivity index (χ0v) is 12.6. The van der Waals surface area contributed by atoms with Crippen LogP contribution in [0.15, 0.2) is 30.6 Å². The largest absolute Gasteiger partial charge is 0.370 e. The van der Waals surface area contributed by atoms with Gasteiger partial charge in [-0.15, -0.1) is 0 Å². The first-order valence-corrected chi connectivity index (χ1v) is 7.22. The quantitative estimate of drug-likeness (QED) is 0.797. The molecular formula is C16H19N5. The van der Waals surface area contributed by atoms with Crippen molar-refractivity contribution in [3.63, 3.8) is 0 Å². The molecule has 0 spiro atoms. The summed E-state index contributed by atoms with van der Waals surface area (Å²) in [6.07, 6.45) is 5.00. The van der Waals surface area contributed by atoms with Crippen LogP contribution >= 0.6 is 0 Å². The summed E-state index contributed by atoms with van der Waals surface area (Å²) < 4.78 is 1.98. The van der Waals surface area contributed by atoms with Gasteiger partial charge < -0.3 is 9.72 Å². The maximum absolute atomic E-state index is 4.64. The number of aryl methyl sites for hydroxylation is 1. The molecule has 3 aromatic rings. The molecule has 0 radical (unpaired) electrons. The molecule has 0 saturated carbocycles. The van der Waals surface area contributed by atoms with Gasteiger partial charge in [-0.25, -0.2) is 15.0 Å². The topological polar surface area (TPSA) is 55.1 Å². The molecule has 21 heavy (non-hydrogen) atoms. The maximum atomic E-state index is 4.64. The van der Waals surface area contributed by atoms with Gasteiger partial charge in [0.2, 0.25) is 0 Å². The van der Waals surface area contributed by atoms with Gasteiger partial charge in [0.05, 0.1) is 0 Å². The second-order valence-corrected chi connectivity index (χ2v) is 5.13. The molecule has 0 unspecified atom stereocenters. The molecule has 0 saturated heterocycles. The third kappa shape index (κ3) is 2.59. The van der Waals surface area contributed by atoms with E-state index in [0.29, 0.717) is 5.82 Å². The van der Waals surface area contributed by atoms with Crippen molar-refractivity contribution in [1.82, 2.24) is 19.4 Å². The van der Waals surface area contributed by atoms with Gasteiger partial charge in [0.1, 0.15) is 17.2 Å². The number of hydrogen-bond donors (Lipinski definition) is 1.